The molecule has 0 saturated carbocycles. The molecule has 10 heteroatoms. The van der Waals surface area contributed by atoms with E-state index in [0.29, 0.717) is 17.1 Å². The van der Waals surface area contributed by atoms with Crippen LogP contribution in [-0.2, 0) is 24.1 Å². The molecular formula is C22H25N3O6S. The van der Waals surface area contributed by atoms with Crippen molar-refractivity contribution < 1.29 is 28.1 Å². The fraction of sp³-hybridized carbons (Fsp3) is 0.318. The van der Waals surface area contributed by atoms with Gasteiger partial charge in [0.05, 0.1) is 18.9 Å². The van der Waals surface area contributed by atoms with Crippen molar-refractivity contribution in [3.8, 4) is 11.5 Å². The summed E-state index contributed by atoms with van der Waals surface area (Å²) in [7, 11) is -1.74. The van der Waals surface area contributed by atoms with Gasteiger partial charge >= 0.3 is 5.97 Å². The van der Waals surface area contributed by atoms with Crippen LogP contribution in [0.2, 0.25) is 0 Å². The number of benzene rings is 2. The summed E-state index contributed by atoms with van der Waals surface area (Å²) in [6.07, 6.45) is 1.38. The molecule has 1 fully saturated rings. The zero-order chi connectivity index (χ0) is 23.3. The molecule has 170 valence electrons. The zero-order valence-corrected chi connectivity index (χ0v) is 18.6. The van der Waals surface area contributed by atoms with E-state index in [-0.39, 0.29) is 19.5 Å². The van der Waals surface area contributed by atoms with Crippen LogP contribution < -0.4 is 10.1 Å². The standard InChI is InChI=1S/C22H25N3O6S/c1-30-22(28)19-12-18(32(2,23)29)14-25(19)20(26)13-24-21(27)15-8-10-17(11-9-15)31-16-6-4-3-5-7-16/h3-11,18-19,23H,12-14H2,1-2H3,(H,24,27). The Morgan fingerprint density at radius 1 is 1.09 bits per heavy atom. The lowest BCUT2D eigenvalue weighted by Crippen LogP contribution is -2.46. The van der Waals surface area contributed by atoms with E-state index in [1.54, 1.807) is 24.3 Å². The second-order valence-electron chi connectivity index (χ2n) is 7.47. The van der Waals surface area contributed by atoms with Gasteiger partial charge in [0.1, 0.15) is 17.5 Å². The molecule has 0 aliphatic carbocycles. The van der Waals surface area contributed by atoms with Gasteiger partial charge in [-0.05, 0) is 42.8 Å². The minimum atomic E-state index is -2.95. The minimum Gasteiger partial charge on any atom is -0.467 e. The van der Waals surface area contributed by atoms with Crippen LogP contribution in [0.15, 0.2) is 54.6 Å². The molecule has 0 spiro atoms. The number of hydrogen-bond donors (Lipinski definition) is 2. The van der Waals surface area contributed by atoms with Gasteiger partial charge in [0, 0.05) is 28.1 Å². The van der Waals surface area contributed by atoms with E-state index in [1.807, 2.05) is 30.3 Å². The highest BCUT2D eigenvalue weighted by molar-refractivity contribution is 7.92. The monoisotopic (exact) mass is 459 g/mol. The van der Waals surface area contributed by atoms with Crippen LogP contribution in [0, 0.1) is 4.78 Å². The van der Waals surface area contributed by atoms with Crippen LogP contribution in [0.25, 0.3) is 0 Å². The summed E-state index contributed by atoms with van der Waals surface area (Å²) in [5.41, 5.74) is 0.338. The predicted molar refractivity (Wildman–Crippen MR) is 118 cm³/mol. The minimum absolute atomic E-state index is 0.00117. The summed E-state index contributed by atoms with van der Waals surface area (Å²) in [5.74, 6) is -0.377. The van der Waals surface area contributed by atoms with Crippen molar-refractivity contribution in [2.45, 2.75) is 17.7 Å². The molecule has 1 heterocycles. The maximum absolute atomic E-state index is 12.7. The summed E-state index contributed by atoms with van der Waals surface area (Å²) < 4.78 is 30.3. The largest absolute Gasteiger partial charge is 0.467 e. The van der Waals surface area contributed by atoms with E-state index in [4.69, 9.17) is 14.3 Å². The van der Waals surface area contributed by atoms with Gasteiger partial charge in [0.25, 0.3) is 5.91 Å². The topological polar surface area (TPSA) is 126 Å². The highest BCUT2D eigenvalue weighted by atomic mass is 32.2. The smallest absolute Gasteiger partial charge is 0.328 e. The number of esters is 1. The van der Waals surface area contributed by atoms with Crippen LogP contribution in [0.4, 0.5) is 0 Å². The van der Waals surface area contributed by atoms with Gasteiger partial charge in [-0.3, -0.25) is 14.4 Å². The van der Waals surface area contributed by atoms with Crippen molar-refractivity contribution in [3.63, 3.8) is 0 Å². The Balaban J connectivity index is 1.59. The number of methoxy groups -OCH3 is 1. The summed E-state index contributed by atoms with van der Waals surface area (Å²) in [6.45, 7) is -0.344. The maximum atomic E-state index is 12.7. The normalized spacial score (nSPS) is 19.6. The van der Waals surface area contributed by atoms with Crippen molar-refractivity contribution in [3.05, 3.63) is 60.2 Å². The van der Waals surface area contributed by atoms with Gasteiger partial charge in [0.15, 0.2) is 0 Å². The number of carbonyl (C=O) groups excluding carboxylic acids is 3. The molecule has 1 aliphatic heterocycles. The average molecular weight is 460 g/mol. The van der Waals surface area contributed by atoms with Crippen LogP contribution in [0.1, 0.15) is 16.8 Å². The van der Waals surface area contributed by atoms with Crippen LogP contribution in [0.5, 0.6) is 11.5 Å². The van der Waals surface area contributed by atoms with Gasteiger partial charge in [-0.25, -0.2) is 9.00 Å². The molecule has 3 rings (SSSR count). The number of carbonyl (C=O) groups is 3. The molecule has 3 unspecified atom stereocenters. The highest BCUT2D eigenvalue weighted by Crippen LogP contribution is 2.24. The Labute approximate surface area is 186 Å². The number of nitrogens with one attached hydrogen (secondary N) is 2. The second kappa shape index (κ2) is 9.82. The molecule has 2 aromatic carbocycles. The van der Waals surface area contributed by atoms with Gasteiger partial charge in [-0.2, -0.15) is 0 Å². The van der Waals surface area contributed by atoms with E-state index in [1.165, 1.54) is 18.3 Å². The number of amides is 2. The first-order valence-corrected chi connectivity index (χ1v) is 11.9. The van der Waals surface area contributed by atoms with Crippen molar-refractivity contribution in [2.75, 3.05) is 26.5 Å². The summed E-state index contributed by atoms with van der Waals surface area (Å²) in [4.78, 5) is 38.4. The maximum Gasteiger partial charge on any atom is 0.328 e. The summed E-state index contributed by atoms with van der Waals surface area (Å²) in [6, 6.07) is 14.7. The molecule has 3 atom stereocenters. The van der Waals surface area contributed by atoms with Gasteiger partial charge in [0.2, 0.25) is 5.91 Å². The van der Waals surface area contributed by atoms with Gasteiger partial charge < -0.3 is 19.7 Å². The van der Waals surface area contributed by atoms with Crippen molar-refractivity contribution >= 4 is 27.5 Å². The van der Waals surface area contributed by atoms with Crippen LogP contribution in [0.3, 0.4) is 0 Å². The van der Waals surface area contributed by atoms with Crippen LogP contribution in [-0.4, -0.2) is 64.6 Å². The van der Waals surface area contributed by atoms with Crippen molar-refractivity contribution in [1.29, 1.82) is 4.78 Å². The lowest BCUT2D eigenvalue weighted by molar-refractivity contribution is -0.150. The first kappa shape index (κ1) is 23.3. The average Bonchev–Trinajstić information content (AvgIpc) is 3.24. The number of rotatable bonds is 7. The molecule has 0 radical (unpaired) electrons. The molecule has 2 amide bonds. The Morgan fingerprint density at radius 2 is 1.72 bits per heavy atom. The first-order valence-electron chi connectivity index (χ1n) is 9.90. The Kier molecular flexibility index (Phi) is 7.14. The lowest BCUT2D eigenvalue weighted by Gasteiger charge is -2.22. The van der Waals surface area contributed by atoms with E-state index in [9.17, 15) is 18.6 Å². The molecule has 0 aromatic heterocycles. The SMILES string of the molecule is COC(=O)C1CC(S(C)(=N)=O)CN1C(=O)CNC(=O)c1ccc(Oc2ccccc2)cc1. The molecule has 0 bridgehead atoms. The first-order chi connectivity index (χ1) is 15.2. The summed E-state index contributed by atoms with van der Waals surface area (Å²) in [5, 5.41) is 1.90. The van der Waals surface area contributed by atoms with Gasteiger partial charge in [-0.1, -0.05) is 18.2 Å². The van der Waals surface area contributed by atoms with Crippen molar-refractivity contribution in [2.24, 2.45) is 0 Å². The highest BCUT2D eigenvalue weighted by Gasteiger charge is 2.42. The van der Waals surface area contributed by atoms with E-state index >= 15 is 0 Å². The van der Waals surface area contributed by atoms with Gasteiger partial charge in [-0.15, -0.1) is 0 Å². The lowest BCUT2D eigenvalue weighted by atomic mass is 10.2. The van der Waals surface area contributed by atoms with Crippen molar-refractivity contribution in [1.82, 2.24) is 10.2 Å². The summed E-state index contributed by atoms with van der Waals surface area (Å²) >= 11 is 0. The Bertz CT molecular complexity index is 1090. The molecule has 9 nitrogen and oxygen atoms in total. The van der Waals surface area contributed by atoms with E-state index < -0.39 is 38.8 Å². The number of para-hydroxylation sites is 1. The fourth-order valence-electron chi connectivity index (χ4n) is 3.42. The zero-order valence-electron chi connectivity index (χ0n) is 17.8. The molecule has 1 saturated heterocycles. The quantitative estimate of drug-likeness (QED) is 0.610. The molecule has 2 aromatic rings. The number of hydrogen-bond acceptors (Lipinski definition) is 7. The fourth-order valence-corrected chi connectivity index (χ4v) is 4.41. The Hall–Kier alpha value is -3.40. The van der Waals surface area contributed by atoms with E-state index in [2.05, 4.69) is 5.32 Å². The number of likely N-dealkylation sites (tertiary alicyclic amines) is 1. The molecule has 32 heavy (non-hydrogen) atoms. The third kappa shape index (κ3) is 5.64. The molecule has 2 N–H and O–H groups in total. The number of ether oxygens (including phenoxy) is 2. The second-order valence-corrected chi connectivity index (χ2v) is 9.94. The third-order valence-electron chi connectivity index (χ3n) is 5.19. The predicted octanol–water partition coefficient (Wildman–Crippen LogP) is 2.03. The third-order valence-corrected chi connectivity index (χ3v) is 6.80. The Morgan fingerprint density at radius 3 is 2.31 bits per heavy atom. The molecule has 1 aliphatic rings. The van der Waals surface area contributed by atoms with E-state index in [0.717, 1.165) is 0 Å². The number of nitrogens with zero attached hydrogens (tertiary/aromatic N) is 1. The molecular weight excluding hydrogens is 434 g/mol. The van der Waals surface area contributed by atoms with Crippen LogP contribution >= 0.6 is 0 Å².